The Hall–Kier alpha value is -2.69. The molecule has 0 fully saturated rings. The summed E-state index contributed by atoms with van der Waals surface area (Å²) in [5.41, 5.74) is -1.65. The van der Waals surface area contributed by atoms with Crippen molar-refractivity contribution in [3.8, 4) is 6.07 Å². The number of imide groups is 1. The molecule has 0 atom stereocenters. The molecule has 8 heteroatoms. The first-order valence-electron chi connectivity index (χ1n) is 6.92. The predicted octanol–water partition coefficient (Wildman–Crippen LogP) is 3.02. The maximum Gasteiger partial charge on any atom is 0.427 e. The van der Waals surface area contributed by atoms with Crippen LogP contribution in [0.2, 0.25) is 0 Å². The van der Waals surface area contributed by atoms with E-state index in [9.17, 15) is 9.59 Å². The lowest BCUT2D eigenvalue weighted by atomic mass is 10.2. The van der Waals surface area contributed by atoms with E-state index in [1.54, 1.807) is 41.5 Å². The lowest BCUT2D eigenvalue weighted by molar-refractivity contribution is 0.0427. The van der Waals surface area contributed by atoms with Crippen molar-refractivity contribution in [2.24, 2.45) is 0 Å². The Balaban J connectivity index is 3.23. The van der Waals surface area contributed by atoms with Crippen molar-refractivity contribution in [1.29, 1.82) is 5.26 Å². The summed E-state index contributed by atoms with van der Waals surface area (Å²) in [6.45, 7) is 9.94. The summed E-state index contributed by atoms with van der Waals surface area (Å²) >= 11 is 0. The fourth-order valence-electron chi connectivity index (χ4n) is 1.37. The molecule has 0 spiro atoms. The summed E-state index contributed by atoms with van der Waals surface area (Å²) in [4.78, 5) is 32.9. The Kier molecular flexibility index (Phi) is 5.27. The maximum absolute atomic E-state index is 12.3. The fourth-order valence-corrected chi connectivity index (χ4v) is 1.37. The number of hydrogen-bond donors (Lipinski definition) is 0. The Morgan fingerprint density at radius 3 is 1.96 bits per heavy atom. The highest BCUT2D eigenvalue weighted by atomic mass is 16.6. The molecule has 0 aliphatic rings. The number of rotatable bonds is 1. The summed E-state index contributed by atoms with van der Waals surface area (Å²) in [6, 6.07) is 3.17. The summed E-state index contributed by atoms with van der Waals surface area (Å²) < 4.78 is 10.4. The third-order valence-corrected chi connectivity index (χ3v) is 2.11. The zero-order valence-corrected chi connectivity index (χ0v) is 14.1. The first kappa shape index (κ1) is 18.4. The van der Waals surface area contributed by atoms with Gasteiger partial charge in [0, 0.05) is 6.20 Å². The van der Waals surface area contributed by atoms with Gasteiger partial charge in [0.15, 0.2) is 0 Å². The zero-order chi connectivity index (χ0) is 17.8. The molecule has 0 radical (unpaired) electrons. The third-order valence-electron chi connectivity index (χ3n) is 2.11. The van der Waals surface area contributed by atoms with Gasteiger partial charge in [0.1, 0.15) is 23.0 Å². The van der Waals surface area contributed by atoms with Crippen LogP contribution < -0.4 is 4.90 Å². The predicted molar refractivity (Wildman–Crippen MR) is 81.7 cm³/mol. The molecular weight excluding hydrogens is 300 g/mol. The number of anilines is 1. The van der Waals surface area contributed by atoms with Crippen LogP contribution in [0.5, 0.6) is 0 Å². The van der Waals surface area contributed by atoms with Crippen LogP contribution in [0.3, 0.4) is 0 Å². The number of hydrogen-bond acceptors (Lipinski definition) is 7. The first-order valence-corrected chi connectivity index (χ1v) is 6.92. The number of amides is 2. The van der Waals surface area contributed by atoms with Crippen LogP contribution in [0.4, 0.5) is 15.5 Å². The summed E-state index contributed by atoms with van der Waals surface area (Å²) in [5, 5.41) is 8.90. The van der Waals surface area contributed by atoms with Gasteiger partial charge in [0.25, 0.3) is 0 Å². The molecule has 0 unspecified atom stereocenters. The van der Waals surface area contributed by atoms with Gasteiger partial charge in [-0.2, -0.15) is 5.26 Å². The van der Waals surface area contributed by atoms with E-state index in [2.05, 4.69) is 9.97 Å². The van der Waals surface area contributed by atoms with Crippen molar-refractivity contribution in [2.45, 2.75) is 52.7 Å². The van der Waals surface area contributed by atoms with Crippen LogP contribution in [0.15, 0.2) is 12.3 Å². The number of nitrogens with zero attached hydrogens (tertiary/aromatic N) is 4. The van der Waals surface area contributed by atoms with Crippen molar-refractivity contribution in [1.82, 2.24) is 9.97 Å². The molecule has 2 amide bonds. The second kappa shape index (κ2) is 6.60. The average molecular weight is 320 g/mol. The molecule has 0 bridgehead atoms. The van der Waals surface area contributed by atoms with Crippen LogP contribution in [-0.4, -0.2) is 33.4 Å². The number of ether oxygens (including phenoxy) is 2. The molecule has 0 saturated carbocycles. The summed E-state index contributed by atoms with van der Waals surface area (Å²) in [5.74, 6) is -0.285. The molecule has 0 N–H and O–H groups in total. The zero-order valence-electron chi connectivity index (χ0n) is 14.1. The van der Waals surface area contributed by atoms with E-state index in [4.69, 9.17) is 14.7 Å². The molecule has 1 rings (SSSR count). The van der Waals surface area contributed by atoms with Crippen molar-refractivity contribution in [3.05, 3.63) is 18.0 Å². The fraction of sp³-hybridized carbons (Fsp3) is 0.533. The Morgan fingerprint density at radius 2 is 1.57 bits per heavy atom. The van der Waals surface area contributed by atoms with E-state index in [0.717, 1.165) is 0 Å². The largest absolute Gasteiger partial charge is 0.443 e. The molecule has 124 valence electrons. The molecular formula is C15H20N4O4. The van der Waals surface area contributed by atoms with Crippen LogP contribution in [-0.2, 0) is 9.47 Å². The molecule has 8 nitrogen and oxygen atoms in total. The highest BCUT2D eigenvalue weighted by Gasteiger charge is 2.34. The van der Waals surface area contributed by atoms with Crippen molar-refractivity contribution in [3.63, 3.8) is 0 Å². The Morgan fingerprint density at radius 1 is 1.09 bits per heavy atom. The third kappa shape index (κ3) is 5.90. The second-order valence-electron chi connectivity index (χ2n) is 6.65. The van der Waals surface area contributed by atoms with Crippen LogP contribution >= 0.6 is 0 Å². The van der Waals surface area contributed by atoms with Gasteiger partial charge in [0.05, 0.1) is 0 Å². The molecule has 1 aromatic heterocycles. The smallest absolute Gasteiger partial charge is 0.427 e. The van der Waals surface area contributed by atoms with Crippen molar-refractivity contribution in [2.75, 3.05) is 4.90 Å². The van der Waals surface area contributed by atoms with E-state index < -0.39 is 23.4 Å². The molecule has 1 aromatic rings. The minimum absolute atomic E-state index is 0.00659. The number of carbonyl (C=O) groups excluding carboxylic acids is 2. The molecule has 0 aliphatic heterocycles. The molecule has 0 saturated heterocycles. The lowest BCUT2D eigenvalue weighted by Gasteiger charge is -2.27. The SMILES string of the molecule is CC(C)(C)OC(=O)N(C(=O)OC(C)(C)C)c1nccc(C#N)n1. The quantitative estimate of drug-likeness (QED) is 0.783. The van der Waals surface area contributed by atoms with Gasteiger partial charge in [-0.1, -0.05) is 0 Å². The topological polar surface area (TPSA) is 105 Å². The van der Waals surface area contributed by atoms with Gasteiger partial charge >= 0.3 is 12.2 Å². The van der Waals surface area contributed by atoms with E-state index >= 15 is 0 Å². The van der Waals surface area contributed by atoms with E-state index in [0.29, 0.717) is 4.90 Å². The van der Waals surface area contributed by atoms with Gasteiger partial charge in [0.2, 0.25) is 5.95 Å². The van der Waals surface area contributed by atoms with Gasteiger partial charge < -0.3 is 9.47 Å². The minimum atomic E-state index is -0.984. The lowest BCUT2D eigenvalue weighted by Crippen LogP contribution is -2.44. The average Bonchev–Trinajstić information content (AvgIpc) is 2.34. The normalized spacial score (nSPS) is 11.3. The van der Waals surface area contributed by atoms with Crippen LogP contribution in [0.25, 0.3) is 0 Å². The standard InChI is InChI=1S/C15H20N4O4/c1-14(2,3)22-12(20)19(13(21)23-15(4,5)6)11-17-8-7-10(9-16)18-11/h7-8H,1-6H3. The van der Waals surface area contributed by atoms with E-state index in [-0.39, 0.29) is 11.6 Å². The number of carbonyl (C=O) groups is 2. The molecule has 0 aromatic carbocycles. The van der Waals surface area contributed by atoms with Crippen LogP contribution in [0.1, 0.15) is 47.2 Å². The summed E-state index contributed by atoms with van der Waals surface area (Å²) in [6.07, 6.45) is -0.702. The molecule has 1 heterocycles. The van der Waals surface area contributed by atoms with Crippen molar-refractivity contribution >= 4 is 18.1 Å². The van der Waals surface area contributed by atoms with Crippen LogP contribution in [0, 0.1) is 11.3 Å². The van der Waals surface area contributed by atoms with E-state index in [1.807, 2.05) is 6.07 Å². The first-order chi connectivity index (χ1) is 10.4. The Labute approximate surface area is 135 Å². The maximum atomic E-state index is 12.3. The summed E-state index contributed by atoms with van der Waals surface area (Å²) in [7, 11) is 0. The number of aromatic nitrogens is 2. The highest BCUT2D eigenvalue weighted by Crippen LogP contribution is 2.18. The highest BCUT2D eigenvalue weighted by molar-refractivity contribution is 6.08. The molecule has 0 aliphatic carbocycles. The van der Waals surface area contributed by atoms with Gasteiger partial charge in [-0.15, -0.1) is 4.90 Å². The van der Waals surface area contributed by atoms with Gasteiger partial charge in [-0.25, -0.2) is 19.6 Å². The minimum Gasteiger partial charge on any atom is -0.443 e. The molecule has 23 heavy (non-hydrogen) atoms. The Bertz CT molecular complexity index is 610. The number of nitriles is 1. The monoisotopic (exact) mass is 320 g/mol. The van der Waals surface area contributed by atoms with Crippen molar-refractivity contribution < 1.29 is 19.1 Å². The second-order valence-corrected chi connectivity index (χ2v) is 6.65. The van der Waals surface area contributed by atoms with Gasteiger partial charge in [-0.05, 0) is 47.6 Å². The van der Waals surface area contributed by atoms with Gasteiger partial charge in [-0.3, -0.25) is 0 Å². The van der Waals surface area contributed by atoms with E-state index in [1.165, 1.54) is 12.3 Å².